The zero-order valence-electron chi connectivity index (χ0n) is 12.6. The second-order valence-electron chi connectivity index (χ2n) is 4.52. The zero-order valence-corrected chi connectivity index (χ0v) is 13.4. The molecular formula is C15H25ClN2O2. The van der Waals surface area contributed by atoms with E-state index in [0.717, 1.165) is 31.6 Å². The van der Waals surface area contributed by atoms with E-state index in [2.05, 4.69) is 18.7 Å². The van der Waals surface area contributed by atoms with Crippen LogP contribution in [0.1, 0.15) is 19.4 Å². The number of hydrogen-bond donors (Lipinski definition) is 1. The van der Waals surface area contributed by atoms with E-state index in [9.17, 15) is 0 Å². The van der Waals surface area contributed by atoms with Gasteiger partial charge in [0.25, 0.3) is 0 Å². The molecule has 0 radical (unpaired) electrons. The maximum atomic E-state index is 6.27. The van der Waals surface area contributed by atoms with Crippen molar-refractivity contribution in [1.82, 2.24) is 4.90 Å². The third-order valence-electron chi connectivity index (χ3n) is 3.27. The lowest BCUT2D eigenvalue weighted by molar-refractivity contribution is 0.217. The van der Waals surface area contributed by atoms with Gasteiger partial charge in [0.15, 0.2) is 11.5 Å². The number of nitrogens with zero attached hydrogens (tertiary/aromatic N) is 1. The van der Waals surface area contributed by atoms with Crippen LogP contribution in [0.2, 0.25) is 5.02 Å². The zero-order chi connectivity index (χ0) is 15.0. The van der Waals surface area contributed by atoms with Crippen molar-refractivity contribution in [3.63, 3.8) is 0 Å². The van der Waals surface area contributed by atoms with Gasteiger partial charge >= 0.3 is 0 Å². The summed E-state index contributed by atoms with van der Waals surface area (Å²) in [4.78, 5) is 2.29. The Morgan fingerprint density at radius 2 is 1.95 bits per heavy atom. The molecule has 0 heterocycles. The molecule has 0 aliphatic carbocycles. The molecule has 114 valence electrons. The van der Waals surface area contributed by atoms with E-state index in [0.29, 0.717) is 29.7 Å². The minimum Gasteiger partial charge on any atom is -0.493 e. The molecule has 1 aromatic rings. The van der Waals surface area contributed by atoms with Crippen LogP contribution in [-0.2, 0) is 6.42 Å². The van der Waals surface area contributed by atoms with Crippen molar-refractivity contribution in [3.8, 4) is 11.5 Å². The monoisotopic (exact) mass is 300 g/mol. The Kier molecular flexibility index (Phi) is 7.73. The van der Waals surface area contributed by atoms with E-state index in [4.69, 9.17) is 26.8 Å². The number of halogens is 1. The molecular weight excluding hydrogens is 276 g/mol. The van der Waals surface area contributed by atoms with Crippen LogP contribution in [0.25, 0.3) is 0 Å². The van der Waals surface area contributed by atoms with E-state index in [1.54, 1.807) is 7.11 Å². The highest BCUT2D eigenvalue weighted by Crippen LogP contribution is 2.36. The average Bonchev–Trinajstić information content (AvgIpc) is 2.45. The maximum Gasteiger partial charge on any atom is 0.179 e. The molecule has 1 aromatic carbocycles. The SMILES string of the molecule is CCN(CC)CCOc1c(Cl)cc(CCN)cc1OC. The normalized spacial score (nSPS) is 10.9. The molecule has 0 saturated carbocycles. The summed E-state index contributed by atoms with van der Waals surface area (Å²) in [6, 6.07) is 3.83. The molecule has 0 amide bonds. The molecule has 0 spiro atoms. The van der Waals surface area contributed by atoms with E-state index in [1.165, 1.54) is 0 Å². The summed E-state index contributed by atoms with van der Waals surface area (Å²) >= 11 is 6.27. The first kappa shape index (κ1) is 17.1. The number of nitrogens with two attached hydrogens (primary N) is 1. The van der Waals surface area contributed by atoms with Crippen LogP contribution in [-0.4, -0.2) is 44.8 Å². The van der Waals surface area contributed by atoms with Gasteiger partial charge in [0.05, 0.1) is 12.1 Å². The van der Waals surface area contributed by atoms with Crippen LogP contribution in [0.5, 0.6) is 11.5 Å². The predicted octanol–water partition coefficient (Wildman–Crippen LogP) is 2.57. The number of hydrogen-bond acceptors (Lipinski definition) is 4. The second kappa shape index (κ2) is 9.06. The van der Waals surface area contributed by atoms with Gasteiger partial charge in [-0.3, -0.25) is 0 Å². The molecule has 0 aromatic heterocycles. The van der Waals surface area contributed by atoms with Crippen molar-refractivity contribution >= 4 is 11.6 Å². The van der Waals surface area contributed by atoms with E-state index in [1.807, 2.05) is 12.1 Å². The highest BCUT2D eigenvalue weighted by atomic mass is 35.5. The molecule has 5 heteroatoms. The van der Waals surface area contributed by atoms with Crippen LogP contribution in [0.15, 0.2) is 12.1 Å². The van der Waals surface area contributed by atoms with Gasteiger partial charge in [-0.05, 0) is 43.8 Å². The second-order valence-corrected chi connectivity index (χ2v) is 4.93. The lowest BCUT2D eigenvalue weighted by Gasteiger charge is -2.19. The van der Waals surface area contributed by atoms with Gasteiger partial charge in [-0.1, -0.05) is 25.4 Å². The van der Waals surface area contributed by atoms with Gasteiger partial charge < -0.3 is 20.1 Å². The van der Waals surface area contributed by atoms with E-state index >= 15 is 0 Å². The summed E-state index contributed by atoms with van der Waals surface area (Å²) in [6.45, 7) is 8.35. The van der Waals surface area contributed by atoms with Crippen molar-refractivity contribution in [3.05, 3.63) is 22.7 Å². The highest BCUT2D eigenvalue weighted by Gasteiger charge is 2.12. The fraction of sp³-hybridized carbons (Fsp3) is 0.600. The van der Waals surface area contributed by atoms with Crippen LogP contribution in [0.3, 0.4) is 0 Å². The Morgan fingerprint density at radius 1 is 1.25 bits per heavy atom. The van der Waals surface area contributed by atoms with Crippen molar-refractivity contribution in [2.75, 3.05) is 39.9 Å². The Labute approximate surface area is 126 Å². The Balaban J connectivity index is 2.73. The van der Waals surface area contributed by atoms with E-state index < -0.39 is 0 Å². The molecule has 4 nitrogen and oxygen atoms in total. The summed E-state index contributed by atoms with van der Waals surface area (Å²) in [6.07, 6.45) is 0.774. The maximum absolute atomic E-state index is 6.27. The van der Waals surface area contributed by atoms with Crippen molar-refractivity contribution < 1.29 is 9.47 Å². The lowest BCUT2D eigenvalue weighted by Crippen LogP contribution is -2.28. The van der Waals surface area contributed by atoms with E-state index in [-0.39, 0.29) is 0 Å². The first-order valence-electron chi connectivity index (χ1n) is 7.07. The number of methoxy groups -OCH3 is 1. The summed E-state index contributed by atoms with van der Waals surface area (Å²) < 4.78 is 11.2. The fourth-order valence-corrected chi connectivity index (χ4v) is 2.33. The predicted molar refractivity (Wildman–Crippen MR) is 84.0 cm³/mol. The van der Waals surface area contributed by atoms with Crippen molar-refractivity contribution in [2.45, 2.75) is 20.3 Å². The molecule has 0 aliphatic heterocycles. The number of rotatable bonds is 9. The lowest BCUT2D eigenvalue weighted by atomic mass is 10.1. The summed E-state index contributed by atoms with van der Waals surface area (Å²) in [5, 5.41) is 0.576. The summed E-state index contributed by atoms with van der Waals surface area (Å²) in [7, 11) is 1.62. The van der Waals surface area contributed by atoms with Gasteiger partial charge in [-0.2, -0.15) is 0 Å². The number of likely N-dealkylation sites (N-methyl/N-ethyl adjacent to an activating group) is 1. The van der Waals surface area contributed by atoms with Crippen molar-refractivity contribution in [1.29, 1.82) is 0 Å². The standard InChI is InChI=1S/C15H25ClN2O2/c1-4-18(5-2)8-9-20-15-13(16)10-12(6-7-17)11-14(15)19-3/h10-11H,4-9,17H2,1-3H3. The smallest absolute Gasteiger partial charge is 0.179 e. The fourth-order valence-electron chi connectivity index (χ4n) is 2.04. The molecule has 2 N–H and O–H groups in total. The van der Waals surface area contributed by atoms with Crippen LogP contribution < -0.4 is 15.2 Å². The molecule has 20 heavy (non-hydrogen) atoms. The van der Waals surface area contributed by atoms with Gasteiger partial charge in [0, 0.05) is 6.54 Å². The molecule has 1 rings (SSSR count). The Morgan fingerprint density at radius 3 is 2.50 bits per heavy atom. The first-order valence-corrected chi connectivity index (χ1v) is 7.45. The highest BCUT2D eigenvalue weighted by molar-refractivity contribution is 6.32. The van der Waals surface area contributed by atoms with Gasteiger partial charge in [0.2, 0.25) is 0 Å². The van der Waals surface area contributed by atoms with Crippen LogP contribution in [0.4, 0.5) is 0 Å². The van der Waals surface area contributed by atoms with Gasteiger partial charge in [-0.15, -0.1) is 0 Å². The quantitative estimate of drug-likeness (QED) is 0.761. The summed E-state index contributed by atoms with van der Waals surface area (Å²) in [5.41, 5.74) is 6.62. The molecule has 0 unspecified atom stereocenters. The largest absolute Gasteiger partial charge is 0.493 e. The Bertz CT molecular complexity index is 409. The topological polar surface area (TPSA) is 47.7 Å². The summed E-state index contributed by atoms with van der Waals surface area (Å²) in [5.74, 6) is 1.28. The molecule has 0 fully saturated rings. The first-order chi connectivity index (χ1) is 9.65. The molecule has 0 atom stereocenters. The number of ether oxygens (including phenoxy) is 2. The average molecular weight is 301 g/mol. The van der Waals surface area contributed by atoms with Crippen LogP contribution in [0, 0.1) is 0 Å². The molecule has 0 aliphatic rings. The van der Waals surface area contributed by atoms with Crippen LogP contribution >= 0.6 is 11.6 Å². The third-order valence-corrected chi connectivity index (χ3v) is 3.55. The third kappa shape index (κ3) is 4.85. The molecule has 0 bridgehead atoms. The minimum atomic E-state index is 0.576. The minimum absolute atomic E-state index is 0.576. The van der Waals surface area contributed by atoms with Gasteiger partial charge in [0.1, 0.15) is 6.61 Å². The molecule has 0 saturated heterocycles. The Hall–Kier alpha value is -0.970. The van der Waals surface area contributed by atoms with Crippen molar-refractivity contribution in [2.24, 2.45) is 5.73 Å². The van der Waals surface area contributed by atoms with Gasteiger partial charge in [-0.25, -0.2) is 0 Å². The number of benzene rings is 1.